The lowest BCUT2D eigenvalue weighted by Gasteiger charge is -2.36. The summed E-state index contributed by atoms with van der Waals surface area (Å²) in [6.45, 7) is 10.7. The van der Waals surface area contributed by atoms with Gasteiger partial charge in [-0.1, -0.05) is 206 Å². The van der Waals surface area contributed by atoms with Gasteiger partial charge in [0.2, 0.25) is 0 Å². The molecule has 0 aliphatic heterocycles. The van der Waals surface area contributed by atoms with Crippen LogP contribution in [0.15, 0.2) is 0 Å². The fourth-order valence-electron chi connectivity index (χ4n) is 7.86. The molecule has 2 unspecified atom stereocenters. The number of halogens is 1. The molecule has 0 aliphatic rings. The van der Waals surface area contributed by atoms with E-state index in [-0.39, 0.29) is 12.4 Å². The van der Waals surface area contributed by atoms with Gasteiger partial charge in [0.05, 0.1) is 0 Å². The van der Waals surface area contributed by atoms with Crippen LogP contribution >= 0.6 is 12.4 Å². The molecule has 0 heterocycles. The Kier molecular flexibility index (Phi) is 42.5. The van der Waals surface area contributed by atoms with E-state index < -0.39 is 8.80 Å². The maximum absolute atomic E-state index is 5.74. The second-order valence-corrected chi connectivity index (χ2v) is 18.9. The van der Waals surface area contributed by atoms with E-state index in [0.29, 0.717) is 12.1 Å². The lowest BCUT2D eigenvalue weighted by atomic mass is 10.0. The van der Waals surface area contributed by atoms with E-state index >= 15 is 0 Å². The van der Waals surface area contributed by atoms with E-state index in [0.717, 1.165) is 19.0 Å². The van der Waals surface area contributed by atoms with Crippen LogP contribution in [0.2, 0.25) is 6.04 Å². The molecule has 0 N–H and O–H groups in total. The van der Waals surface area contributed by atoms with Gasteiger partial charge in [0.15, 0.2) is 0 Å². The van der Waals surface area contributed by atoms with Crippen molar-refractivity contribution >= 4 is 21.2 Å². The lowest BCUT2D eigenvalue weighted by molar-refractivity contribution is 0.111. The first-order valence-electron chi connectivity index (χ1n) is 22.4. The summed E-state index contributed by atoms with van der Waals surface area (Å²) in [6, 6.07) is 2.17. The van der Waals surface area contributed by atoms with Crippen molar-refractivity contribution in [3.05, 3.63) is 0 Å². The summed E-state index contributed by atoms with van der Waals surface area (Å²) >= 11 is 0. The smallest absolute Gasteiger partial charge is 0.377 e. The highest BCUT2D eigenvalue weighted by atomic mass is 35.5. The molecule has 0 aromatic heterocycles. The first-order valence-corrected chi connectivity index (χ1v) is 24.3. The second-order valence-electron chi connectivity index (χ2n) is 15.8. The van der Waals surface area contributed by atoms with Crippen molar-refractivity contribution in [3.8, 4) is 0 Å². The summed E-state index contributed by atoms with van der Waals surface area (Å²) in [5.41, 5.74) is 0. The standard InChI is InChI=1S/C44H93NO3Si.ClH/c1-8-10-12-14-16-18-20-22-24-26-28-30-32-34-36-39-43(3)45(41-38-42-49(46-5,47-6)48-7)44(4)40-37-35-33-31-29-27-25-23-21-19-17-15-13-11-9-2;/h43-44H,8-42H2,1-7H3;1H. The monoisotopic (exact) mass is 748 g/mol. The quantitative estimate of drug-likeness (QED) is 0.0460. The number of rotatable bonds is 41. The Morgan fingerprint density at radius 3 is 0.860 bits per heavy atom. The first kappa shape index (κ1) is 52.5. The van der Waals surface area contributed by atoms with E-state index in [9.17, 15) is 0 Å². The molecule has 2 atom stereocenters. The third kappa shape index (κ3) is 31.8. The van der Waals surface area contributed by atoms with Gasteiger partial charge in [-0.15, -0.1) is 12.4 Å². The van der Waals surface area contributed by atoms with Crippen molar-refractivity contribution in [1.29, 1.82) is 0 Å². The highest BCUT2D eigenvalue weighted by Crippen LogP contribution is 2.22. The zero-order valence-corrected chi connectivity index (χ0v) is 37.3. The maximum Gasteiger partial charge on any atom is 0.500 e. The molecule has 0 rings (SSSR count). The molecule has 0 aromatic carbocycles. The minimum absolute atomic E-state index is 0. The fourth-order valence-corrected chi connectivity index (χ4v) is 9.57. The van der Waals surface area contributed by atoms with Crippen LogP contribution in [0, 0.1) is 0 Å². The average Bonchev–Trinajstić information content (AvgIpc) is 3.11. The third-order valence-corrected chi connectivity index (χ3v) is 14.2. The molecule has 4 nitrogen and oxygen atoms in total. The molecule has 0 amide bonds. The Labute approximate surface area is 323 Å². The Hall–Kier alpha value is 0.347. The minimum Gasteiger partial charge on any atom is -0.377 e. The van der Waals surface area contributed by atoms with Crippen molar-refractivity contribution in [2.45, 2.75) is 258 Å². The Morgan fingerprint density at radius 1 is 0.380 bits per heavy atom. The van der Waals surface area contributed by atoms with E-state index in [1.807, 2.05) is 0 Å². The number of nitrogens with zero attached hydrogens (tertiary/aromatic N) is 1. The number of hydrogen-bond acceptors (Lipinski definition) is 4. The van der Waals surface area contributed by atoms with Crippen molar-refractivity contribution in [1.82, 2.24) is 4.90 Å². The topological polar surface area (TPSA) is 30.9 Å². The van der Waals surface area contributed by atoms with E-state index in [4.69, 9.17) is 13.3 Å². The minimum atomic E-state index is -2.51. The third-order valence-electron chi connectivity index (χ3n) is 11.4. The SMILES string of the molecule is CCCCCCCCCCCCCCCCCC(C)N(CCC[Si](OC)(OC)OC)C(C)CCCCCCCCCCCCCCCCC.Cl. The van der Waals surface area contributed by atoms with Crippen LogP contribution in [0.5, 0.6) is 0 Å². The van der Waals surface area contributed by atoms with Gasteiger partial charge >= 0.3 is 8.80 Å². The summed E-state index contributed by atoms with van der Waals surface area (Å²) < 4.78 is 17.2. The molecule has 0 spiro atoms. The Bertz CT molecular complexity index is 590. The Morgan fingerprint density at radius 2 is 0.620 bits per heavy atom. The molecule has 0 saturated carbocycles. The summed E-state index contributed by atoms with van der Waals surface area (Å²) in [7, 11) is 2.73. The molecule has 0 aliphatic carbocycles. The first-order chi connectivity index (χ1) is 24.0. The normalized spacial score (nSPS) is 13.2. The van der Waals surface area contributed by atoms with Crippen LogP contribution in [-0.2, 0) is 13.3 Å². The summed E-state index contributed by atoms with van der Waals surface area (Å²) in [5.74, 6) is 0. The van der Waals surface area contributed by atoms with Crippen LogP contribution in [0.4, 0.5) is 0 Å². The van der Waals surface area contributed by atoms with Crippen LogP contribution in [0.3, 0.4) is 0 Å². The van der Waals surface area contributed by atoms with Crippen molar-refractivity contribution in [3.63, 3.8) is 0 Å². The van der Waals surface area contributed by atoms with Crippen molar-refractivity contribution in [2.75, 3.05) is 27.9 Å². The zero-order valence-electron chi connectivity index (χ0n) is 35.5. The van der Waals surface area contributed by atoms with E-state index in [2.05, 4.69) is 32.6 Å². The number of unbranched alkanes of at least 4 members (excludes halogenated alkanes) is 28. The van der Waals surface area contributed by atoms with Crippen LogP contribution in [0.1, 0.15) is 240 Å². The van der Waals surface area contributed by atoms with Gasteiger partial charge in [-0.05, 0) is 39.7 Å². The van der Waals surface area contributed by atoms with Gasteiger partial charge in [-0.25, -0.2) is 0 Å². The second kappa shape index (κ2) is 40.5. The maximum atomic E-state index is 5.74. The predicted molar refractivity (Wildman–Crippen MR) is 228 cm³/mol. The highest BCUT2D eigenvalue weighted by molar-refractivity contribution is 6.60. The molecular weight excluding hydrogens is 654 g/mol. The molecule has 0 aromatic rings. The Balaban J connectivity index is 0. The largest absolute Gasteiger partial charge is 0.500 e. The predicted octanol–water partition coefficient (Wildman–Crippen LogP) is 15.3. The molecule has 0 fully saturated rings. The van der Waals surface area contributed by atoms with E-state index in [1.165, 1.54) is 205 Å². The molecular formula is C44H94ClNO3Si. The number of hydrogen-bond donors (Lipinski definition) is 0. The zero-order chi connectivity index (χ0) is 36.1. The summed E-state index contributed by atoms with van der Waals surface area (Å²) in [4.78, 5) is 2.81. The molecule has 0 bridgehead atoms. The fraction of sp³-hybridized carbons (Fsp3) is 1.00. The van der Waals surface area contributed by atoms with Gasteiger partial charge in [0.25, 0.3) is 0 Å². The van der Waals surface area contributed by atoms with Crippen molar-refractivity contribution in [2.24, 2.45) is 0 Å². The van der Waals surface area contributed by atoms with Gasteiger partial charge in [0, 0.05) is 39.5 Å². The average molecular weight is 749 g/mol. The highest BCUT2D eigenvalue weighted by Gasteiger charge is 2.37. The van der Waals surface area contributed by atoms with Gasteiger partial charge in [0.1, 0.15) is 0 Å². The summed E-state index contributed by atoms with van der Waals surface area (Å²) in [5, 5.41) is 0. The lowest BCUT2D eigenvalue weighted by Crippen LogP contribution is -2.45. The molecule has 6 heteroatoms. The van der Waals surface area contributed by atoms with Gasteiger partial charge < -0.3 is 13.3 Å². The summed E-state index contributed by atoms with van der Waals surface area (Å²) in [6.07, 6.45) is 46.7. The van der Waals surface area contributed by atoms with Gasteiger partial charge in [-0.2, -0.15) is 0 Å². The van der Waals surface area contributed by atoms with Crippen LogP contribution in [0.25, 0.3) is 0 Å². The van der Waals surface area contributed by atoms with Crippen molar-refractivity contribution < 1.29 is 13.3 Å². The molecule has 304 valence electrons. The van der Waals surface area contributed by atoms with Crippen LogP contribution in [-0.4, -0.2) is 53.7 Å². The molecule has 0 saturated heterocycles. The molecule has 50 heavy (non-hydrogen) atoms. The van der Waals surface area contributed by atoms with Gasteiger partial charge in [-0.3, -0.25) is 4.90 Å². The molecule has 0 radical (unpaired) electrons. The van der Waals surface area contributed by atoms with E-state index in [1.54, 1.807) is 21.3 Å². The van der Waals surface area contributed by atoms with Crippen LogP contribution < -0.4 is 0 Å².